The second kappa shape index (κ2) is 8.92. The van der Waals surface area contributed by atoms with Gasteiger partial charge in [-0.05, 0) is 37.3 Å². The lowest BCUT2D eigenvalue weighted by molar-refractivity contribution is -0.115. The first-order chi connectivity index (χ1) is 13.0. The maximum atomic E-state index is 12.7. The molecule has 0 radical (unpaired) electrons. The minimum absolute atomic E-state index is 0.165. The van der Waals surface area contributed by atoms with Crippen molar-refractivity contribution in [2.45, 2.75) is 22.8 Å². The van der Waals surface area contributed by atoms with E-state index in [-0.39, 0.29) is 16.1 Å². The van der Waals surface area contributed by atoms with Gasteiger partial charge in [0, 0.05) is 18.8 Å². The summed E-state index contributed by atoms with van der Waals surface area (Å²) >= 11 is 1.45. The van der Waals surface area contributed by atoms with E-state index in [2.05, 4.69) is 5.32 Å². The molecule has 27 heavy (non-hydrogen) atoms. The molecule has 1 fully saturated rings. The van der Waals surface area contributed by atoms with Crippen molar-refractivity contribution in [1.82, 2.24) is 4.31 Å². The number of benzene rings is 1. The van der Waals surface area contributed by atoms with Crippen molar-refractivity contribution >= 4 is 33.4 Å². The monoisotopic (exact) mass is 410 g/mol. The predicted octanol–water partition coefficient (Wildman–Crippen LogP) is 2.56. The van der Waals surface area contributed by atoms with Gasteiger partial charge in [-0.2, -0.15) is 4.31 Å². The smallest absolute Gasteiger partial charge is 0.243 e. The van der Waals surface area contributed by atoms with Gasteiger partial charge in [0.05, 0.1) is 35.4 Å². The Kier molecular flexibility index (Phi) is 6.59. The predicted molar refractivity (Wildman–Crippen MR) is 104 cm³/mol. The van der Waals surface area contributed by atoms with E-state index in [9.17, 15) is 13.2 Å². The van der Waals surface area contributed by atoms with Crippen molar-refractivity contribution in [2.75, 3.05) is 31.6 Å². The summed E-state index contributed by atoms with van der Waals surface area (Å²) in [6.07, 6.45) is 1.60. The van der Waals surface area contributed by atoms with Gasteiger partial charge in [0.15, 0.2) is 0 Å². The molecule has 3 rings (SSSR count). The molecule has 1 aliphatic heterocycles. The molecule has 1 aromatic carbocycles. The zero-order valence-corrected chi connectivity index (χ0v) is 16.6. The number of morpholine rings is 1. The fourth-order valence-electron chi connectivity index (χ4n) is 2.59. The van der Waals surface area contributed by atoms with E-state index in [0.717, 1.165) is 5.76 Å². The van der Waals surface area contributed by atoms with Crippen LogP contribution in [0.25, 0.3) is 0 Å². The number of sulfonamides is 1. The molecule has 1 N–H and O–H groups in total. The van der Waals surface area contributed by atoms with Crippen LogP contribution >= 0.6 is 11.8 Å². The number of rotatable bonds is 7. The van der Waals surface area contributed by atoms with Crippen molar-refractivity contribution in [3.05, 3.63) is 48.4 Å². The molecular weight excluding hydrogens is 388 g/mol. The molecule has 146 valence electrons. The van der Waals surface area contributed by atoms with Gasteiger partial charge in [0.25, 0.3) is 0 Å². The molecule has 1 aromatic heterocycles. The Morgan fingerprint density at radius 3 is 2.74 bits per heavy atom. The van der Waals surface area contributed by atoms with E-state index in [0.29, 0.717) is 37.7 Å². The van der Waals surface area contributed by atoms with Crippen LogP contribution in [0.15, 0.2) is 52.0 Å². The van der Waals surface area contributed by atoms with Crippen molar-refractivity contribution in [3.8, 4) is 0 Å². The molecule has 0 unspecified atom stereocenters. The van der Waals surface area contributed by atoms with Crippen LogP contribution < -0.4 is 5.32 Å². The van der Waals surface area contributed by atoms with Crippen LogP contribution in [0.3, 0.4) is 0 Å². The Morgan fingerprint density at radius 1 is 1.26 bits per heavy atom. The number of carbonyl (C=O) groups excluding carboxylic acids is 1. The molecule has 1 saturated heterocycles. The van der Waals surface area contributed by atoms with Gasteiger partial charge in [0.2, 0.25) is 15.9 Å². The van der Waals surface area contributed by atoms with Gasteiger partial charge in [-0.1, -0.05) is 6.07 Å². The minimum atomic E-state index is -3.60. The highest BCUT2D eigenvalue weighted by molar-refractivity contribution is 7.99. The first-order valence-corrected chi connectivity index (χ1v) is 11.1. The standard InChI is InChI=1S/C18H22N2O5S2/c1-14(26-13-16-5-3-9-25-16)18(21)19-15-4-2-6-17(12-15)27(22,23)20-7-10-24-11-8-20/h2-6,9,12,14H,7-8,10-11,13H2,1H3,(H,19,21)/t14-/m0/s1. The molecule has 0 spiro atoms. The van der Waals surface area contributed by atoms with E-state index in [1.807, 2.05) is 6.07 Å². The quantitative estimate of drug-likeness (QED) is 0.755. The molecule has 2 aromatic rings. The van der Waals surface area contributed by atoms with Crippen LogP contribution in [0.4, 0.5) is 5.69 Å². The average Bonchev–Trinajstić information content (AvgIpc) is 3.20. The van der Waals surface area contributed by atoms with E-state index < -0.39 is 10.0 Å². The summed E-state index contributed by atoms with van der Waals surface area (Å²) < 4.78 is 37.3. The number of anilines is 1. The molecule has 1 atom stereocenters. The largest absolute Gasteiger partial charge is 0.468 e. The zero-order valence-electron chi connectivity index (χ0n) is 15.0. The van der Waals surface area contributed by atoms with Gasteiger partial charge in [-0.15, -0.1) is 11.8 Å². The highest BCUT2D eigenvalue weighted by Gasteiger charge is 2.26. The molecule has 0 aliphatic carbocycles. The van der Waals surface area contributed by atoms with Crippen LogP contribution in [0.5, 0.6) is 0 Å². The number of nitrogens with one attached hydrogen (secondary N) is 1. The number of hydrogen-bond donors (Lipinski definition) is 1. The maximum absolute atomic E-state index is 12.7. The molecule has 1 aliphatic rings. The first-order valence-electron chi connectivity index (χ1n) is 8.59. The van der Waals surface area contributed by atoms with Crippen molar-refractivity contribution in [1.29, 1.82) is 0 Å². The second-order valence-electron chi connectivity index (χ2n) is 6.07. The zero-order chi connectivity index (χ0) is 19.3. The SMILES string of the molecule is C[C@H](SCc1ccco1)C(=O)Nc1cccc(S(=O)(=O)N2CCOCC2)c1. The highest BCUT2D eigenvalue weighted by atomic mass is 32.2. The normalized spacial score (nSPS) is 16.8. The number of hydrogen-bond acceptors (Lipinski definition) is 6. The Hall–Kier alpha value is -1.81. The average molecular weight is 411 g/mol. The first kappa shape index (κ1) is 19.9. The Morgan fingerprint density at radius 2 is 2.04 bits per heavy atom. The molecule has 0 saturated carbocycles. The molecule has 2 heterocycles. The molecular formula is C18H22N2O5S2. The Balaban J connectivity index is 1.63. The van der Waals surface area contributed by atoms with Crippen LogP contribution in [-0.2, 0) is 25.3 Å². The van der Waals surface area contributed by atoms with E-state index in [4.69, 9.17) is 9.15 Å². The van der Waals surface area contributed by atoms with E-state index >= 15 is 0 Å². The number of ether oxygens (including phenoxy) is 1. The topological polar surface area (TPSA) is 88.8 Å². The summed E-state index contributed by atoms with van der Waals surface area (Å²) in [5, 5.41) is 2.48. The fraction of sp³-hybridized carbons (Fsp3) is 0.389. The number of amides is 1. The third kappa shape index (κ3) is 5.13. The van der Waals surface area contributed by atoms with Gasteiger partial charge < -0.3 is 14.5 Å². The van der Waals surface area contributed by atoms with Gasteiger partial charge in [-0.25, -0.2) is 8.42 Å². The molecule has 0 bridgehead atoms. The minimum Gasteiger partial charge on any atom is -0.468 e. The molecule has 7 nitrogen and oxygen atoms in total. The molecule has 9 heteroatoms. The van der Waals surface area contributed by atoms with Crippen LogP contribution in [0.2, 0.25) is 0 Å². The summed E-state index contributed by atoms with van der Waals surface area (Å²) in [7, 11) is -3.60. The third-order valence-electron chi connectivity index (χ3n) is 4.13. The maximum Gasteiger partial charge on any atom is 0.243 e. The van der Waals surface area contributed by atoms with Crippen molar-refractivity contribution in [3.63, 3.8) is 0 Å². The second-order valence-corrected chi connectivity index (χ2v) is 9.33. The molecule has 1 amide bonds. The Bertz CT molecular complexity index is 862. The number of carbonyl (C=O) groups is 1. The van der Waals surface area contributed by atoms with Gasteiger partial charge in [0.1, 0.15) is 5.76 Å². The van der Waals surface area contributed by atoms with Crippen LogP contribution in [-0.4, -0.2) is 50.2 Å². The van der Waals surface area contributed by atoms with E-state index in [1.54, 1.807) is 31.4 Å². The number of furan rings is 1. The lowest BCUT2D eigenvalue weighted by Crippen LogP contribution is -2.40. The number of nitrogens with zero attached hydrogens (tertiary/aromatic N) is 1. The van der Waals surface area contributed by atoms with Crippen molar-refractivity contribution < 1.29 is 22.4 Å². The lowest BCUT2D eigenvalue weighted by atomic mass is 10.3. The lowest BCUT2D eigenvalue weighted by Gasteiger charge is -2.26. The summed E-state index contributed by atoms with van der Waals surface area (Å²) in [5.41, 5.74) is 0.458. The highest BCUT2D eigenvalue weighted by Crippen LogP contribution is 2.23. The van der Waals surface area contributed by atoms with Crippen molar-refractivity contribution in [2.24, 2.45) is 0 Å². The van der Waals surface area contributed by atoms with Crippen LogP contribution in [0, 0.1) is 0 Å². The summed E-state index contributed by atoms with van der Waals surface area (Å²) in [5.74, 6) is 1.21. The fourth-order valence-corrected chi connectivity index (χ4v) is 4.83. The van der Waals surface area contributed by atoms with Gasteiger partial charge in [-0.3, -0.25) is 4.79 Å². The van der Waals surface area contributed by atoms with Crippen LogP contribution in [0.1, 0.15) is 12.7 Å². The number of thioether (sulfide) groups is 1. The summed E-state index contributed by atoms with van der Waals surface area (Å²) in [6, 6.07) is 10.0. The van der Waals surface area contributed by atoms with E-state index in [1.165, 1.54) is 28.2 Å². The summed E-state index contributed by atoms with van der Waals surface area (Å²) in [4.78, 5) is 12.6. The Labute approximate surface area is 163 Å². The summed E-state index contributed by atoms with van der Waals surface area (Å²) in [6.45, 7) is 3.25. The third-order valence-corrected chi connectivity index (χ3v) is 7.19. The van der Waals surface area contributed by atoms with Gasteiger partial charge >= 0.3 is 0 Å².